The summed E-state index contributed by atoms with van der Waals surface area (Å²) in [6.45, 7) is 7.21. The summed E-state index contributed by atoms with van der Waals surface area (Å²) in [7, 11) is 0. The number of ketones is 1. The first kappa shape index (κ1) is 20.1. The van der Waals surface area contributed by atoms with E-state index in [-0.39, 0.29) is 46.9 Å². The Morgan fingerprint density at radius 3 is 2.23 bits per heavy atom. The quantitative estimate of drug-likeness (QED) is 0.703. The van der Waals surface area contributed by atoms with Crippen molar-refractivity contribution < 1.29 is 28.8 Å². The molecule has 7 atom stereocenters. The highest BCUT2D eigenvalue weighted by Gasteiger charge is 2.71. The maximum atomic E-state index is 14.0. The lowest BCUT2D eigenvalue weighted by molar-refractivity contribution is -0.259. The van der Waals surface area contributed by atoms with E-state index in [9.17, 15) is 9.90 Å². The average Bonchev–Trinajstić information content (AvgIpc) is 3.46. The van der Waals surface area contributed by atoms with E-state index in [4.69, 9.17) is 18.9 Å². The molecule has 4 aliphatic carbocycles. The number of aliphatic hydroxyl groups is 1. The molecule has 0 aromatic rings. The number of hydrogen-bond donors (Lipinski definition) is 1. The molecule has 6 heteroatoms. The molecule has 2 spiro atoms. The fourth-order valence-corrected chi connectivity index (χ4v) is 8.96. The molecule has 4 unspecified atom stereocenters. The van der Waals surface area contributed by atoms with Gasteiger partial charge in [0.25, 0.3) is 0 Å². The Morgan fingerprint density at radius 1 is 0.867 bits per heavy atom. The summed E-state index contributed by atoms with van der Waals surface area (Å²) < 4.78 is 24.5. The molecule has 0 aromatic heterocycles. The number of fused-ring (bicyclic) bond motifs is 6. The van der Waals surface area contributed by atoms with Crippen LogP contribution in [-0.4, -0.2) is 55.5 Å². The molecule has 2 aliphatic heterocycles. The Bertz CT molecular complexity index is 725. The highest BCUT2D eigenvalue weighted by molar-refractivity contribution is 5.86. The molecule has 6 aliphatic rings. The smallest absolute Gasteiger partial charge is 0.174 e. The fourth-order valence-electron chi connectivity index (χ4n) is 8.96. The molecule has 6 nitrogen and oxygen atoms in total. The third-order valence-corrected chi connectivity index (χ3v) is 10.5. The molecular formula is C24H36O6. The van der Waals surface area contributed by atoms with Crippen molar-refractivity contribution in [3.05, 3.63) is 0 Å². The Kier molecular flexibility index (Phi) is 4.36. The van der Waals surface area contributed by atoms with Crippen LogP contribution < -0.4 is 0 Å². The molecule has 0 amide bonds. The normalized spacial score (nSPS) is 51.2. The third kappa shape index (κ3) is 2.35. The van der Waals surface area contributed by atoms with Crippen LogP contribution in [0.15, 0.2) is 0 Å². The van der Waals surface area contributed by atoms with Gasteiger partial charge >= 0.3 is 0 Å². The molecule has 0 radical (unpaired) electrons. The van der Waals surface area contributed by atoms with E-state index in [1.54, 1.807) is 0 Å². The maximum absolute atomic E-state index is 14.0. The van der Waals surface area contributed by atoms with Crippen molar-refractivity contribution in [2.45, 2.75) is 70.4 Å². The van der Waals surface area contributed by atoms with Crippen molar-refractivity contribution in [3.8, 4) is 0 Å². The topological polar surface area (TPSA) is 74.2 Å². The minimum atomic E-state index is -0.531. The van der Waals surface area contributed by atoms with E-state index < -0.39 is 11.6 Å². The summed E-state index contributed by atoms with van der Waals surface area (Å²) in [5.41, 5.74) is -0.0713. The number of hydrogen-bond acceptors (Lipinski definition) is 6. The van der Waals surface area contributed by atoms with Gasteiger partial charge in [-0.15, -0.1) is 0 Å². The van der Waals surface area contributed by atoms with Gasteiger partial charge in [0.15, 0.2) is 11.6 Å². The summed E-state index contributed by atoms with van der Waals surface area (Å²) in [5.74, 6) is -0.282. The number of carbonyl (C=O) groups is 1. The lowest BCUT2D eigenvalue weighted by atomic mass is 9.42. The number of carbonyl (C=O) groups excluding carboxylic acids is 1. The van der Waals surface area contributed by atoms with Gasteiger partial charge in [-0.3, -0.25) is 4.79 Å². The van der Waals surface area contributed by atoms with Crippen molar-refractivity contribution in [2.24, 2.45) is 40.4 Å². The number of Topliss-reactive ketones (excluding diaryl/α,β-unsaturated/α-hetero) is 1. The zero-order valence-corrected chi connectivity index (χ0v) is 18.4. The number of aliphatic hydroxyl groups excluding tert-OH is 1. The second kappa shape index (κ2) is 6.50. The van der Waals surface area contributed by atoms with Gasteiger partial charge in [0.2, 0.25) is 0 Å². The van der Waals surface area contributed by atoms with Crippen LogP contribution in [0.1, 0.15) is 58.8 Å². The summed E-state index contributed by atoms with van der Waals surface area (Å²) in [6.07, 6.45) is 6.60. The Balaban J connectivity index is 1.37. The van der Waals surface area contributed by atoms with Crippen molar-refractivity contribution in [1.82, 2.24) is 0 Å². The number of rotatable bonds is 1. The lowest BCUT2D eigenvalue weighted by Gasteiger charge is -2.63. The largest absolute Gasteiger partial charge is 0.396 e. The van der Waals surface area contributed by atoms with Gasteiger partial charge in [0.1, 0.15) is 5.78 Å². The van der Waals surface area contributed by atoms with Gasteiger partial charge in [0.05, 0.1) is 33.0 Å². The Hall–Kier alpha value is -0.530. The first-order chi connectivity index (χ1) is 14.4. The maximum Gasteiger partial charge on any atom is 0.174 e. The molecule has 6 rings (SSSR count). The zero-order chi connectivity index (χ0) is 20.8. The van der Waals surface area contributed by atoms with Crippen LogP contribution in [0.2, 0.25) is 0 Å². The van der Waals surface area contributed by atoms with Gasteiger partial charge in [-0.25, -0.2) is 0 Å². The fraction of sp³-hybridized carbons (Fsp3) is 0.958. The van der Waals surface area contributed by atoms with Gasteiger partial charge in [-0.05, 0) is 48.9 Å². The average molecular weight is 421 g/mol. The van der Waals surface area contributed by atoms with Crippen LogP contribution in [0.25, 0.3) is 0 Å². The second-order valence-electron chi connectivity index (χ2n) is 11.3. The summed E-state index contributed by atoms with van der Waals surface area (Å²) in [4.78, 5) is 14.0. The van der Waals surface area contributed by atoms with Crippen molar-refractivity contribution >= 4 is 5.78 Å². The predicted molar refractivity (Wildman–Crippen MR) is 107 cm³/mol. The van der Waals surface area contributed by atoms with Crippen LogP contribution in [0.5, 0.6) is 0 Å². The SMILES string of the molecule is C[C@]12CCC3(CC1[C@@H](CO)C(=O)C1C2CC[C@@]2(C)C1CCC21OCCO1)OCCO3. The molecular weight excluding hydrogens is 384 g/mol. The van der Waals surface area contributed by atoms with Crippen molar-refractivity contribution in [3.63, 3.8) is 0 Å². The minimum absolute atomic E-state index is 0.00814. The Labute approximate surface area is 179 Å². The van der Waals surface area contributed by atoms with Crippen LogP contribution in [0.3, 0.4) is 0 Å². The lowest BCUT2D eigenvalue weighted by Crippen LogP contribution is -2.64. The van der Waals surface area contributed by atoms with E-state index >= 15 is 0 Å². The summed E-state index contributed by atoms with van der Waals surface area (Å²) in [5, 5.41) is 10.4. The monoisotopic (exact) mass is 420 g/mol. The molecule has 1 N–H and O–H groups in total. The first-order valence-corrected chi connectivity index (χ1v) is 12.1. The van der Waals surface area contributed by atoms with E-state index in [2.05, 4.69) is 13.8 Å². The molecule has 2 saturated heterocycles. The van der Waals surface area contributed by atoms with Crippen molar-refractivity contribution in [2.75, 3.05) is 33.0 Å². The van der Waals surface area contributed by atoms with Crippen molar-refractivity contribution in [1.29, 1.82) is 0 Å². The van der Waals surface area contributed by atoms with E-state index in [1.165, 1.54) is 0 Å². The van der Waals surface area contributed by atoms with Gasteiger partial charge in [0, 0.05) is 36.5 Å². The van der Waals surface area contributed by atoms with Gasteiger partial charge in [-0.1, -0.05) is 13.8 Å². The molecule has 0 aromatic carbocycles. The van der Waals surface area contributed by atoms with Crippen LogP contribution in [-0.2, 0) is 23.7 Å². The predicted octanol–water partition coefficient (Wildman–Crippen LogP) is 2.91. The minimum Gasteiger partial charge on any atom is -0.396 e. The standard InChI is InChI=1S/C24H36O6/c1-21-7-8-23(27-9-10-28-23)13-18(21)15(14-25)20(26)19-16(21)3-5-22(2)17(19)4-6-24(22)29-11-12-30-24/h15-19,25H,3-14H2,1-2H3/t15-,16?,17?,18?,19?,21-,22+/m1/s1. The van der Waals surface area contributed by atoms with Crippen LogP contribution in [0.4, 0.5) is 0 Å². The molecule has 6 fully saturated rings. The van der Waals surface area contributed by atoms with E-state index in [1.807, 2.05) is 0 Å². The molecule has 168 valence electrons. The highest BCUT2D eigenvalue weighted by Crippen LogP contribution is 2.70. The summed E-state index contributed by atoms with van der Waals surface area (Å²) >= 11 is 0. The van der Waals surface area contributed by atoms with Gasteiger partial charge < -0.3 is 24.1 Å². The van der Waals surface area contributed by atoms with E-state index in [0.29, 0.717) is 32.3 Å². The van der Waals surface area contributed by atoms with Gasteiger partial charge in [-0.2, -0.15) is 0 Å². The first-order valence-electron chi connectivity index (χ1n) is 12.1. The number of ether oxygens (including phenoxy) is 4. The molecule has 0 bridgehead atoms. The molecule has 30 heavy (non-hydrogen) atoms. The van der Waals surface area contributed by atoms with Crippen LogP contribution in [0, 0.1) is 40.4 Å². The summed E-state index contributed by atoms with van der Waals surface area (Å²) in [6, 6.07) is 0. The highest BCUT2D eigenvalue weighted by atomic mass is 16.7. The Morgan fingerprint density at radius 2 is 1.53 bits per heavy atom. The zero-order valence-electron chi connectivity index (χ0n) is 18.4. The van der Waals surface area contributed by atoms with E-state index in [0.717, 1.165) is 44.9 Å². The van der Waals surface area contributed by atoms with Crippen LogP contribution >= 0.6 is 0 Å². The third-order valence-electron chi connectivity index (χ3n) is 10.5. The second-order valence-corrected chi connectivity index (χ2v) is 11.3. The molecule has 4 saturated carbocycles. The molecule has 2 heterocycles.